The molecule has 3 fully saturated rings. The van der Waals surface area contributed by atoms with Crippen LogP contribution in [0.25, 0.3) is 0 Å². The van der Waals surface area contributed by atoms with Crippen LogP contribution in [-0.4, -0.2) is 33.1 Å². The van der Waals surface area contributed by atoms with E-state index in [0.717, 1.165) is 25.1 Å². The van der Waals surface area contributed by atoms with Crippen LogP contribution in [0, 0.1) is 5.92 Å². The number of carbonyl (C=O) groups is 1. The zero-order chi connectivity index (χ0) is 13.0. The molecule has 18 heavy (non-hydrogen) atoms. The molecule has 0 atom stereocenters. The van der Waals surface area contributed by atoms with E-state index >= 15 is 0 Å². The maximum absolute atomic E-state index is 12.3. The highest BCUT2D eigenvalue weighted by atomic mass is 16.6. The van der Waals surface area contributed by atoms with Gasteiger partial charge in [0.2, 0.25) is 0 Å². The smallest absolute Gasteiger partial charge is 0.411 e. The molecule has 3 heterocycles. The normalized spacial score (nSPS) is 30.2. The lowest BCUT2D eigenvalue weighted by Gasteiger charge is -2.41. The number of nitrogens with zero attached hydrogens (tertiary/aromatic N) is 2. The summed E-state index contributed by atoms with van der Waals surface area (Å²) in [5.74, 6) is 0.612. The van der Waals surface area contributed by atoms with E-state index in [9.17, 15) is 4.79 Å². The van der Waals surface area contributed by atoms with Crippen molar-refractivity contribution in [1.29, 1.82) is 0 Å². The topological polar surface area (TPSA) is 58.2 Å². The molecule has 1 aromatic heterocycles. The van der Waals surface area contributed by atoms with Gasteiger partial charge in [-0.1, -0.05) is 0 Å². The molecule has 1 amide bonds. The van der Waals surface area contributed by atoms with E-state index in [2.05, 4.69) is 9.97 Å². The number of hydrogen-bond donors (Lipinski definition) is 1. The lowest BCUT2D eigenvalue weighted by Crippen LogP contribution is -2.47. The predicted molar refractivity (Wildman–Crippen MR) is 65.9 cm³/mol. The van der Waals surface area contributed by atoms with Crippen LogP contribution >= 0.6 is 0 Å². The predicted octanol–water partition coefficient (Wildman–Crippen LogP) is 2.27. The van der Waals surface area contributed by atoms with Gasteiger partial charge in [0.05, 0.1) is 23.8 Å². The van der Waals surface area contributed by atoms with Crippen LogP contribution < -0.4 is 0 Å². The summed E-state index contributed by atoms with van der Waals surface area (Å²) in [6.07, 6.45) is 5.32. The summed E-state index contributed by atoms with van der Waals surface area (Å²) in [4.78, 5) is 21.4. The van der Waals surface area contributed by atoms with Gasteiger partial charge in [-0.05, 0) is 39.5 Å². The van der Waals surface area contributed by atoms with Crippen LogP contribution in [-0.2, 0) is 10.3 Å². The minimum atomic E-state index is -0.445. The number of carbonyl (C=O) groups excluding carboxylic acids is 1. The van der Waals surface area contributed by atoms with E-state index in [1.807, 2.05) is 31.9 Å². The molecule has 0 unspecified atom stereocenters. The second-order valence-electron chi connectivity index (χ2n) is 6.36. The Morgan fingerprint density at radius 3 is 2.83 bits per heavy atom. The molecule has 98 valence electrons. The van der Waals surface area contributed by atoms with Crippen LogP contribution in [0.5, 0.6) is 0 Å². The molecule has 3 aliphatic rings. The van der Waals surface area contributed by atoms with E-state index in [1.165, 1.54) is 0 Å². The summed E-state index contributed by atoms with van der Waals surface area (Å²) < 4.78 is 5.49. The fraction of sp³-hybridized carbons (Fsp3) is 0.692. The molecule has 5 nitrogen and oxygen atoms in total. The molecule has 1 aromatic rings. The number of nitrogens with one attached hydrogen (secondary N) is 1. The first-order valence-electron chi connectivity index (χ1n) is 6.40. The molecular formula is C13H19N3O2. The Hall–Kier alpha value is -1.52. The van der Waals surface area contributed by atoms with Gasteiger partial charge in [-0.3, -0.25) is 4.90 Å². The Balaban J connectivity index is 1.83. The van der Waals surface area contributed by atoms with Crippen molar-refractivity contribution in [2.75, 3.05) is 6.54 Å². The number of imidazole rings is 1. The standard InChI is InChI=1S/C13H19N3O2/c1-12(2,3)18-11(17)16-7-9-4-13(16,5-9)10-6-14-8-15-10/h6,8-9H,4-5,7H2,1-3H3,(H,14,15). The SMILES string of the molecule is CC(C)(C)OC(=O)N1CC2CC1(c1cnc[nH]1)C2. The third-order valence-corrected chi connectivity index (χ3v) is 3.82. The lowest BCUT2D eigenvalue weighted by molar-refractivity contribution is 0.00493. The molecular weight excluding hydrogens is 230 g/mol. The van der Waals surface area contributed by atoms with Gasteiger partial charge in [-0.15, -0.1) is 0 Å². The monoisotopic (exact) mass is 249 g/mol. The first-order chi connectivity index (χ1) is 8.41. The van der Waals surface area contributed by atoms with Gasteiger partial charge in [-0.25, -0.2) is 9.78 Å². The van der Waals surface area contributed by atoms with Gasteiger partial charge in [0.25, 0.3) is 0 Å². The third kappa shape index (κ3) is 1.61. The summed E-state index contributed by atoms with van der Waals surface area (Å²) in [5, 5.41) is 0. The molecule has 0 radical (unpaired) electrons. The first-order valence-corrected chi connectivity index (χ1v) is 6.40. The molecule has 0 spiro atoms. The first kappa shape index (κ1) is 11.6. The van der Waals surface area contributed by atoms with Crippen molar-refractivity contribution in [3.05, 3.63) is 18.2 Å². The van der Waals surface area contributed by atoms with Crippen molar-refractivity contribution in [3.8, 4) is 0 Å². The largest absolute Gasteiger partial charge is 0.444 e. The molecule has 2 aliphatic heterocycles. The Labute approximate surface area is 107 Å². The molecule has 0 aromatic carbocycles. The van der Waals surface area contributed by atoms with Crippen LogP contribution in [0.3, 0.4) is 0 Å². The summed E-state index contributed by atoms with van der Waals surface area (Å²) in [6, 6.07) is 0. The van der Waals surface area contributed by atoms with Crippen molar-refractivity contribution < 1.29 is 9.53 Å². The summed E-state index contributed by atoms with van der Waals surface area (Å²) >= 11 is 0. The van der Waals surface area contributed by atoms with Gasteiger partial charge < -0.3 is 9.72 Å². The van der Waals surface area contributed by atoms with Crippen molar-refractivity contribution in [2.45, 2.75) is 44.8 Å². The highest BCUT2D eigenvalue weighted by Crippen LogP contribution is 2.56. The van der Waals surface area contributed by atoms with Crippen molar-refractivity contribution in [3.63, 3.8) is 0 Å². The lowest BCUT2D eigenvalue weighted by atomic mass is 9.71. The molecule has 2 bridgehead atoms. The van der Waals surface area contributed by atoms with Gasteiger partial charge in [0, 0.05) is 6.54 Å². The van der Waals surface area contributed by atoms with Crippen LogP contribution in [0.1, 0.15) is 39.3 Å². The number of fused-ring (bicyclic) bond motifs is 1. The van der Waals surface area contributed by atoms with Crippen LogP contribution in [0.15, 0.2) is 12.5 Å². The Morgan fingerprint density at radius 2 is 2.28 bits per heavy atom. The fourth-order valence-corrected chi connectivity index (χ4v) is 3.12. The van der Waals surface area contributed by atoms with Gasteiger partial charge in [-0.2, -0.15) is 0 Å². The highest BCUT2D eigenvalue weighted by molar-refractivity contribution is 5.71. The molecule has 4 rings (SSSR count). The zero-order valence-corrected chi connectivity index (χ0v) is 11.1. The fourth-order valence-electron chi connectivity index (χ4n) is 3.12. The van der Waals surface area contributed by atoms with Gasteiger partial charge >= 0.3 is 6.09 Å². The van der Waals surface area contributed by atoms with Crippen molar-refractivity contribution in [1.82, 2.24) is 14.9 Å². The molecule has 5 heteroatoms. The number of H-pyrrole nitrogens is 1. The van der Waals surface area contributed by atoms with E-state index in [0.29, 0.717) is 5.92 Å². The second kappa shape index (κ2) is 3.49. The molecule has 2 saturated heterocycles. The maximum Gasteiger partial charge on any atom is 0.411 e. The Kier molecular flexibility index (Phi) is 2.24. The van der Waals surface area contributed by atoms with Gasteiger partial charge in [0.1, 0.15) is 5.60 Å². The van der Waals surface area contributed by atoms with Crippen LogP contribution in [0.2, 0.25) is 0 Å². The Bertz CT molecular complexity index is 455. The molecule has 1 saturated carbocycles. The van der Waals surface area contributed by atoms with Crippen molar-refractivity contribution in [2.24, 2.45) is 5.92 Å². The third-order valence-electron chi connectivity index (χ3n) is 3.82. The van der Waals surface area contributed by atoms with Gasteiger partial charge in [0.15, 0.2) is 0 Å². The minimum Gasteiger partial charge on any atom is -0.444 e. The quantitative estimate of drug-likeness (QED) is 0.830. The number of aromatic nitrogens is 2. The number of hydrogen-bond acceptors (Lipinski definition) is 3. The second-order valence-corrected chi connectivity index (χ2v) is 6.36. The van der Waals surface area contributed by atoms with E-state index in [-0.39, 0.29) is 11.6 Å². The number of ether oxygens (including phenoxy) is 1. The average molecular weight is 249 g/mol. The van der Waals surface area contributed by atoms with Crippen LogP contribution in [0.4, 0.5) is 4.79 Å². The van der Waals surface area contributed by atoms with E-state index < -0.39 is 5.60 Å². The molecule has 1 aliphatic carbocycles. The summed E-state index contributed by atoms with van der Waals surface area (Å²) in [6.45, 7) is 6.49. The molecule has 1 N–H and O–H groups in total. The van der Waals surface area contributed by atoms with E-state index in [4.69, 9.17) is 4.74 Å². The Morgan fingerprint density at radius 1 is 1.56 bits per heavy atom. The number of amides is 1. The summed E-state index contributed by atoms with van der Waals surface area (Å²) in [7, 11) is 0. The minimum absolute atomic E-state index is 0.191. The number of aromatic amines is 1. The van der Waals surface area contributed by atoms with E-state index in [1.54, 1.807) is 6.33 Å². The average Bonchev–Trinajstić information content (AvgIpc) is 2.87. The van der Waals surface area contributed by atoms with Crippen molar-refractivity contribution >= 4 is 6.09 Å². The maximum atomic E-state index is 12.3. The summed E-state index contributed by atoms with van der Waals surface area (Å²) in [5.41, 5.74) is 0.394. The zero-order valence-electron chi connectivity index (χ0n) is 11.1. The number of rotatable bonds is 1. The highest BCUT2D eigenvalue weighted by Gasteiger charge is 2.60.